The molecule has 6 heteroatoms. The SMILES string of the molecule is Nc1cccc(-c2n[nH]c(CN3CCNCC3)n2)c1. The van der Waals surface area contributed by atoms with Gasteiger partial charge in [0.2, 0.25) is 0 Å². The van der Waals surface area contributed by atoms with Crippen LogP contribution in [0.1, 0.15) is 5.82 Å². The fraction of sp³-hybridized carbons (Fsp3) is 0.385. The van der Waals surface area contributed by atoms with Gasteiger partial charge in [-0.15, -0.1) is 0 Å². The number of aromatic nitrogens is 3. The van der Waals surface area contributed by atoms with Crippen LogP contribution in [-0.4, -0.2) is 46.3 Å². The van der Waals surface area contributed by atoms with Crippen LogP contribution in [0.15, 0.2) is 24.3 Å². The van der Waals surface area contributed by atoms with E-state index in [4.69, 9.17) is 5.73 Å². The van der Waals surface area contributed by atoms with Gasteiger partial charge in [0, 0.05) is 37.4 Å². The number of nitrogen functional groups attached to an aromatic ring is 1. The van der Waals surface area contributed by atoms with Crippen molar-refractivity contribution in [1.82, 2.24) is 25.4 Å². The van der Waals surface area contributed by atoms with Crippen LogP contribution < -0.4 is 11.1 Å². The maximum absolute atomic E-state index is 5.77. The summed E-state index contributed by atoms with van der Waals surface area (Å²) in [5.41, 5.74) is 7.45. The number of piperazine rings is 1. The molecule has 0 aliphatic carbocycles. The van der Waals surface area contributed by atoms with Crippen LogP contribution in [-0.2, 0) is 6.54 Å². The molecule has 1 aromatic carbocycles. The average molecular weight is 258 g/mol. The van der Waals surface area contributed by atoms with Gasteiger partial charge in [0.25, 0.3) is 0 Å². The van der Waals surface area contributed by atoms with Gasteiger partial charge in [-0.2, -0.15) is 5.10 Å². The standard InChI is InChI=1S/C13H18N6/c14-11-3-1-2-10(8-11)13-16-12(17-18-13)9-19-6-4-15-5-7-19/h1-3,8,15H,4-7,9,14H2,(H,16,17,18). The van der Waals surface area contributed by atoms with E-state index in [0.717, 1.165) is 49.8 Å². The Morgan fingerprint density at radius 1 is 1.26 bits per heavy atom. The Bertz CT molecular complexity index is 544. The minimum atomic E-state index is 0.706. The third kappa shape index (κ3) is 2.91. The van der Waals surface area contributed by atoms with Gasteiger partial charge in [-0.05, 0) is 12.1 Å². The summed E-state index contributed by atoms with van der Waals surface area (Å²) in [5, 5.41) is 10.6. The van der Waals surface area contributed by atoms with Crippen molar-refractivity contribution in [2.75, 3.05) is 31.9 Å². The highest BCUT2D eigenvalue weighted by Crippen LogP contribution is 2.17. The van der Waals surface area contributed by atoms with Gasteiger partial charge in [0.1, 0.15) is 5.82 Å². The van der Waals surface area contributed by atoms with E-state index < -0.39 is 0 Å². The number of anilines is 1. The van der Waals surface area contributed by atoms with Gasteiger partial charge in [0.15, 0.2) is 5.82 Å². The highest BCUT2D eigenvalue weighted by atomic mass is 15.3. The molecule has 1 saturated heterocycles. The molecular formula is C13H18N6. The molecular weight excluding hydrogens is 240 g/mol. The first-order valence-corrected chi connectivity index (χ1v) is 6.51. The number of aromatic amines is 1. The molecule has 0 bridgehead atoms. The van der Waals surface area contributed by atoms with Crippen LogP contribution in [0.2, 0.25) is 0 Å². The van der Waals surface area contributed by atoms with Gasteiger partial charge in [0.05, 0.1) is 6.54 Å². The Morgan fingerprint density at radius 3 is 2.89 bits per heavy atom. The van der Waals surface area contributed by atoms with Crippen molar-refractivity contribution in [2.45, 2.75) is 6.54 Å². The number of hydrogen-bond donors (Lipinski definition) is 3. The summed E-state index contributed by atoms with van der Waals surface area (Å²) in [6.07, 6.45) is 0. The zero-order chi connectivity index (χ0) is 13.1. The lowest BCUT2D eigenvalue weighted by molar-refractivity contribution is 0.228. The summed E-state index contributed by atoms with van der Waals surface area (Å²) < 4.78 is 0. The van der Waals surface area contributed by atoms with Crippen molar-refractivity contribution in [3.8, 4) is 11.4 Å². The van der Waals surface area contributed by atoms with Gasteiger partial charge in [-0.1, -0.05) is 12.1 Å². The summed E-state index contributed by atoms with van der Waals surface area (Å²) >= 11 is 0. The molecule has 100 valence electrons. The maximum atomic E-state index is 5.77. The van der Waals surface area contributed by atoms with Gasteiger partial charge in [-0.25, -0.2) is 4.98 Å². The zero-order valence-corrected chi connectivity index (χ0v) is 10.8. The second-order valence-electron chi connectivity index (χ2n) is 4.76. The van der Waals surface area contributed by atoms with Gasteiger partial charge >= 0.3 is 0 Å². The van der Waals surface area contributed by atoms with E-state index in [1.165, 1.54) is 0 Å². The summed E-state index contributed by atoms with van der Waals surface area (Å²) in [4.78, 5) is 6.89. The van der Waals surface area contributed by atoms with Crippen molar-refractivity contribution >= 4 is 5.69 Å². The minimum Gasteiger partial charge on any atom is -0.399 e. The smallest absolute Gasteiger partial charge is 0.181 e. The number of benzene rings is 1. The number of nitrogens with zero attached hydrogens (tertiary/aromatic N) is 3. The van der Waals surface area contributed by atoms with Crippen LogP contribution in [0.5, 0.6) is 0 Å². The molecule has 2 heterocycles. The molecule has 0 radical (unpaired) electrons. The Labute approximate surface area is 112 Å². The fourth-order valence-electron chi connectivity index (χ4n) is 2.25. The molecule has 1 fully saturated rings. The lowest BCUT2D eigenvalue weighted by Gasteiger charge is -2.25. The first kappa shape index (κ1) is 12.1. The van der Waals surface area contributed by atoms with E-state index in [9.17, 15) is 0 Å². The number of rotatable bonds is 3. The largest absolute Gasteiger partial charge is 0.399 e. The molecule has 1 aromatic heterocycles. The van der Waals surface area contributed by atoms with E-state index in [1.807, 2.05) is 24.3 Å². The third-order valence-electron chi connectivity index (χ3n) is 3.26. The average Bonchev–Trinajstić information content (AvgIpc) is 2.88. The topological polar surface area (TPSA) is 82.9 Å². The maximum Gasteiger partial charge on any atom is 0.181 e. The predicted molar refractivity (Wildman–Crippen MR) is 74.4 cm³/mol. The van der Waals surface area contributed by atoms with Crippen molar-refractivity contribution < 1.29 is 0 Å². The van der Waals surface area contributed by atoms with Crippen molar-refractivity contribution in [1.29, 1.82) is 0 Å². The Balaban J connectivity index is 1.72. The van der Waals surface area contributed by atoms with Crippen LogP contribution in [0, 0.1) is 0 Å². The number of nitrogens with two attached hydrogens (primary N) is 1. The molecule has 0 saturated carbocycles. The van der Waals surface area contributed by atoms with Crippen LogP contribution in [0.25, 0.3) is 11.4 Å². The minimum absolute atomic E-state index is 0.706. The lowest BCUT2D eigenvalue weighted by Crippen LogP contribution is -2.43. The number of nitrogens with one attached hydrogen (secondary N) is 2. The lowest BCUT2D eigenvalue weighted by atomic mass is 10.2. The van der Waals surface area contributed by atoms with Crippen molar-refractivity contribution in [3.05, 3.63) is 30.1 Å². The Morgan fingerprint density at radius 2 is 2.11 bits per heavy atom. The zero-order valence-electron chi connectivity index (χ0n) is 10.8. The summed E-state index contributed by atoms with van der Waals surface area (Å²) in [7, 11) is 0. The van der Waals surface area contributed by atoms with Crippen LogP contribution >= 0.6 is 0 Å². The normalized spacial score (nSPS) is 16.6. The highest BCUT2D eigenvalue weighted by Gasteiger charge is 2.13. The second-order valence-corrected chi connectivity index (χ2v) is 4.76. The summed E-state index contributed by atoms with van der Waals surface area (Å²) in [5.74, 6) is 1.61. The van der Waals surface area contributed by atoms with E-state index in [0.29, 0.717) is 5.82 Å². The van der Waals surface area contributed by atoms with E-state index in [1.54, 1.807) is 0 Å². The molecule has 0 amide bonds. The predicted octanol–water partition coefficient (Wildman–Crippen LogP) is 0.459. The van der Waals surface area contributed by atoms with Crippen molar-refractivity contribution in [3.63, 3.8) is 0 Å². The Kier molecular flexibility index (Phi) is 3.43. The third-order valence-corrected chi connectivity index (χ3v) is 3.26. The Hall–Kier alpha value is -1.92. The number of H-pyrrole nitrogens is 1. The quantitative estimate of drug-likeness (QED) is 0.697. The monoisotopic (exact) mass is 258 g/mol. The van der Waals surface area contributed by atoms with Crippen LogP contribution in [0.4, 0.5) is 5.69 Å². The molecule has 0 atom stereocenters. The van der Waals surface area contributed by atoms with E-state index in [2.05, 4.69) is 25.4 Å². The highest BCUT2D eigenvalue weighted by molar-refractivity contribution is 5.60. The molecule has 6 nitrogen and oxygen atoms in total. The molecule has 3 rings (SSSR count). The first-order chi connectivity index (χ1) is 9.31. The fourth-order valence-corrected chi connectivity index (χ4v) is 2.25. The number of hydrogen-bond acceptors (Lipinski definition) is 5. The summed E-state index contributed by atoms with van der Waals surface area (Å²) in [6.45, 7) is 4.99. The van der Waals surface area contributed by atoms with Gasteiger partial charge < -0.3 is 11.1 Å². The molecule has 1 aliphatic rings. The second kappa shape index (κ2) is 5.38. The van der Waals surface area contributed by atoms with E-state index >= 15 is 0 Å². The molecule has 0 unspecified atom stereocenters. The molecule has 0 spiro atoms. The molecule has 2 aromatic rings. The molecule has 19 heavy (non-hydrogen) atoms. The first-order valence-electron chi connectivity index (χ1n) is 6.51. The van der Waals surface area contributed by atoms with Gasteiger partial charge in [-0.3, -0.25) is 10.00 Å². The summed E-state index contributed by atoms with van der Waals surface area (Å²) in [6, 6.07) is 7.63. The van der Waals surface area contributed by atoms with Crippen LogP contribution in [0.3, 0.4) is 0 Å². The van der Waals surface area contributed by atoms with E-state index in [-0.39, 0.29) is 0 Å². The molecule has 1 aliphatic heterocycles. The van der Waals surface area contributed by atoms with Crippen molar-refractivity contribution in [2.24, 2.45) is 0 Å². The molecule has 4 N–H and O–H groups in total.